The number of halogens is 1. The highest BCUT2D eigenvalue weighted by Gasteiger charge is 2.44. The van der Waals surface area contributed by atoms with Gasteiger partial charge in [0.25, 0.3) is 0 Å². The lowest BCUT2D eigenvalue weighted by Gasteiger charge is -2.21. The van der Waals surface area contributed by atoms with Gasteiger partial charge in [-0.15, -0.1) is 0 Å². The summed E-state index contributed by atoms with van der Waals surface area (Å²) in [5.74, 6) is 0.711. The van der Waals surface area contributed by atoms with Crippen molar-refractivity contribution in [1.82, 2.24) is 5.32 Å². The molecule has 0 saturated heterocycles. The van der Waals surface area contributed by atoms with E-state index in [9.17, 15) is 5.11 Å². The van der Waals surface area contributed by atoms with Crippen LogP contribution in [-0.2, 0) is 0 Å². The van der Waals surface area contributed by atoms with Gasteiger partial charge in [0.2, 0.25) is 0 Å². The highest BCUT2D eigenvalue weighted by Crippen LogP contribution is 2.51. The lowest BCUT2D eigenvalue weighted by Crippen LogP contribution is -2.30. The van der Waals surface area contributed by atoms with Crippen LogP contribution in [0.15, 0.2) is 24.3 Å². The molecule has 1 unspecified atom stereocenters. The minimum absolute atomic E-state index is 0.472. The normalized spacial score (nSPS) is 18.9. The highest BCUT2D eigenvalue weighted by atomic mass is 35.5. The quantitative estimate of drug-likeness (QED) is 0.828. The van der Waals surface area contributed by atoms with Crippen LogP contribution in [0.5, 0.6) is 0 Å². The fourth-order valence-electron chi connectivity index (χ4n) is 2.43. The van der Waals surface area contributed by atoms with Crippen LogP contribution in [-0.4, -0.2) is 18.2 Å². The average molecular weight is 268 g/mol. The van der Waals surface area contributed by atoms with Crippen LogP contribution >= 0.6 is 11.6 Å². The molecule has 18 heavy (non-hydrogen) atoms. The Labute approximate surface area is 114 Å². The first kappa shape index (κ1) is 13.9. The Morgan fingerprint density at radius 2 is 2.00 bits per heavy atom. The Morgan fingerprint density at radius 1 is 1.33 bits per heavy atom. The molecule has 0 aromatic heterocycles. The summed E-state index contributed by atoms with van der Waals surface area (Å²) in [4.78, 5) is 0. The monoisotopic (exact) mass is 267 g/mol. The van der Waals surface area contributed by atoms with E-state index in [1.54, 1.807) is 0 Å². The summed E-state index contributed by atoms with van der Waals surface area (Å²) in [5.41, 5.74) is 1.28. The van der Waals surface area contributed by atoms with Gasteiger partial charge in [-0.25, -0.2) is 0 Å². The summed E-state index contributed by atoms with van der Waals surface area (Å²) in [6.45, 7) is 6.11. The number of nitrogens with one attached hydrogen (secondary N) is 1. The van der Waals surface area contributed by atoms with Crippen molar-refractivity contribution >= 4 is 11.6 Å². The van der Waals surface area contributed by atoms with Gasteiger partial charge in [-0.05, 0) is 30.2 Å². The van der Waals surface area contributed by atoms with Crippen LogP contribution in [0.3, 0.4) is 0 Å². The molecule has 1 fully saturated rings. The van der Waals surface area contributed by atoms with E-state index in [-0.39, 0.29) is 0 Å². The van der Waals surface area contributed by atoms with E-state index in [2.05, 4.69) is 19.2 Å². The number of hydrogen-bond acceptors (Lipinski definition) is 2. The largest absolute Gasteiger partial charge is 0.387 e. The van der Waals surface area contributed by atoms with Crippen molar-refractivity contribution in [2.75, 3.05) is 13.1 Å². The Morgan fingerprint density at radius 3 is 2.56 bits per heavy atom. The third kappa shape index (κ3) is 3.05. The van der Waals surface area contributed by atoms with Gasteiger partial charge in [-0.1, -0.05) is 43.6 Å². The standard InChI is InChI=1S/C15H22ClNO/c1-11(2)15(7-8-15)10-17-9-14(18)12-5-3-4-6-13(12)16/h3-6,11,14,17-18H,7-10H2,1-2H3. The maximum absolute atomic E-state index is 10.1. The second-order valence-corrected chi connectivity index (χ2v) is 6.09. The Balaban J connectivity index is 1.82. The molecule has 0 heterocycles. The van der Waals surface area contributed by atoms with E-state index in [0.717, 1.165) is 12.1 Å². The summed E-state index contributed by atoms with van der Waals surface area (Å²) < 4.78 is 0. The SMILES string of the molecule is CC(C)C1(CNCC(O)c2ccccc2Cl)CC1. The van der Waals surface area contributed by atoms with Gasteiger partial charge < -0.3 is 10.4 Å². The molecule has 1 saturated carbocycles. The Hall–Kier alpha value is -0.570. The zero-order chi connectivity index (χ0) is 13.2. The molecule has 0 amide bonds. The molecular weight excluding hydrogens is 246 g/mol. The van der Waals surface area contributed by atoms with Gasteiger partial charge in [-0.2, -0.15) is 0 Å². The van der Waals surface area contributed by atoms with Gasteiger partial charge in [0.15, 0.2) is 0 Å². The number of hydrogen-bond donors (Lipinski definition) is 2. The third-order valence-electron chi connectivity index (χ3n) is 4.20. The van der Waals surface area contributed by atoms with Crippen LogP contribution < -0.4 is 5.32 Å². The fourth-order valence-corrected chi connectivity index (χ4v) is 2.69. The molecule has 1 aromatic carbocycles. The molecule has 2 rings (SSSR count). The van der Waals surface area contributed by atoms with E-state index in [1.165, 1.54) is 12.8 Å². The zero-order valence-corrected chi connectivity index (χ0v) is 11.9. The highest BCUT2D eigenvalue weighted by molar-refractivity contribution is 6.31. The van der Waals surface area contributed by atoms with Crippen LogP contribution in [0.4, 0.5) is 0 Å². The molecule has 0 bridgehead atoms. The smallest absolute Gasteiger partial charge is 0.0928 e. The van der Waals surface area contributed by atoms with Crippen molar-refractivity contribution in [3.05, 3.63) is 34.9 Å². The predicted molar refractivity (Wildman–Crippen MR) is 75.8 cm³/mol. The first-order valence-corrected chi connectivity index (χ1v) is 7.06. The van der Waals surface area contributed by atoms with E-state index < -0.39 is 6.10 Å². The molecule has 1 aliphatic carbocycles. The van der Waals surface area contributed by atoms with Gasteiger partial charge in [-0.3, -0.25) is 0 Å². The number of benzene rings is 1. The number of rotatable bonds is 6. The second kappa shape index (κ2) is 5.60. The molecule has 1 atom stereocenters. The minimum Gasteiger partial charge on any atom is -0.387 e. The third-order valence-corrected chi connectivity index (χ3v) is 4.54. The van der Waals surface area contributed by atoms with Crippen LogP contribution in [0.25, 0.3) is 0 Å². The Kier molecular flexibility index (Phi) is 4.31. The van der Waals surface area contributed by atoms with Gasteiger partial charge in [0, 0.05) is 23.7 Å². The molecular formula is C15H22ClNO. The van der Waals surface area contributed by atoms with E-state index >= 15 is 0 Å². The van der Waals surface area contributed by atoms with Crippen molar-refractivity contribution in [3.63, 3.8) is 0 Å². The fraction of sp³-hybridized carbons (Fsp3) is 0.600. The topological polar surface area (TPSA) is 32.3 Å². The zero-order valence-electron chi connectivity index (χ0n) is 11.1. The maximum Gasteiger partial charge on any atom is 0.0928 e. The minimum atomic E-state index is -0.526. The molecule has 0 spiro atoms. The Bertz CT molecular complexity index is 401. The van der Waals surface area contributed by atoms with Crippen molar-refractivity contribution < 1.29 is 5.11 Å². The lowest BCUT2D eigenvalue weighted by molar-refractivity contribution is 0.169. The van der Waals surface area contributed by atoms with Crippen LogP contribution in [0.2, 0.25) is 5.02 Å². The molecule has 1 aromatic rings. The van der Waals surface area contributed by atoms with E-state index in [4.69, 9.17) is 11.6 Å². The molecule has 0 radical (unpaired) electrons. The second-order valence-electron chi connectivity index (χ2n) is 5.69. The number of aliphatic hydroxyl groups excluding tert-OH is 1. The first-order chi connectivity index (χ1) is 8.55. The molecule has 100 valence electrons. The molecule has 2 N–H and O–H groups in total. The summed E-state index contributed by atoms with van der Waals surface area (Å²) in [7, 11) is 0. The van der Waals surface area contributed by atoms with Crippen molar-refractivity contribution in [2.24, 2.45) is 11.3 Å². The van der Waals surface area contributed by atoms with Crippen LogP contribution in [0, 0.1) is 11.3 Å². The summed E-state index contributed by atoms with van der Waals surface area (Å²) in [6.07, 6.45) is 2.08. The lowest BCUT2D eigenvalue weighted by atomic mass is 9.92. The predicted octanol–water partition coefficient (Wildman–Crippen LogP) is 3.40. The summed E-state index contributed by atoms with van der Waals surface area (Å²) in [6, 6.07) is 7.48. The van der Waals surface area contributed by atoms with Gasteiger partial charge in [0.1, 0.15) is 0 Å². The maximum atomic E-state index is 10.1. The molecule has 2 nitrogen and oxygen atoms in total. The van der Waals surface area contributed by atoms with Gasteiger partial charge in [0.05, 0.1) is 6.10 Å². The van der Waals surface area contributed by atoms with E-state index in [1.807, 2.05) is 24.3 Å². The van der Waals surface area contributed by atoms with Gasteiger partial charge >= 0.3 is 0 Å². The summed E-state index contributed by atoms with van der Waals surface area (Å²) >= 11 is 6.06. The van der Waals surface area contributed by atoms with Crippen molar-refractivity contribution in [1.29, 1.82) is 0 Å². The van der Waals surface area contributed by atoms with Crippen LogP contribution in [0.1, 0.15) is 38.4 Å². The molecule has 1 aliphatic rings. The van der Waals surface area contributed by atoms with Crippen molar-refractivity contribution in [3.8, 4) is 0 Å². The first-order valence-electron chi connectivity index (χ1n) is 6.68. The van der Waals surface area contributed by atoms with Crippen molar-refractivity contribution in [2.45, 2.75) is 32.8 Å². The summed E-state index contributed by atoms with van der Waals surface area (Å²) in [5, 5.41) is 14.1. The average Bonchev–Trinajstić information content (AvgIpc) is 3.10. The van der Waals surface area contributed by atoms with E-state index in [0.29, 0.717) is 22.9 Å². The number of aliphatic hydroxyl groups is 1. The molecule has 0 aliphatic heterocycles. The molecule has 3 heteroatoms.